The van der Waals surface area contributed by atoms with E-state index in [1.165, 1.54) is 4.90 Å². The highest BCUT2D eigenvalue weighted by molar-refractivity contribution is 6.00. The molecule has 1 atom stereocenters. The molecular formula is C23H27N3O6. The Morgan fingerprint density at radius 2 is 1.66 bits per heavy atom. The first-order valence-corrected chi connectivity index (χ1v) is 10.6. The third-order valence-electron chi connectivity index (χ3n) is 5.38. The molecule has 0 radical (unpaired) electrons. The fourth-order valence-corrected chi connectivity index (χ4v) is 3.64. The number of amides is 3. The number of aliphatic carboxylic acids is 1. The van der Waals surface area contributed by atoms with Crippen LogP contribution in [0.5, 0.6) is 0 Å². The van der Waals surface area contributed by atoms with Crippen LogP contribution in [-0.2, 0) is 14.3 Å². The third kappa shape index (κ3) is 5.75. The van der Waals surface area contributed by atoms with Gasteiger partial charge in [0.25, 0.3) is 5.91 Å². The van der Waals surface area contributed by atoms with Crippen molar-refractivity contribution in [2.24, 2.45) is 0 Å². The minimum absolute atomic E-state index is 0.0222. The van der Waals surface area contributed by atoms with E-state index in [4.69, 9.17) is 9.84 Å². The van der Waals surface area contributed by atoms with Gasteiger partial charge in [-0.15, -0.1) is 0 Å². The van der Waals surface area contributed by atoms with E-state index in [9.17, 15) is 19.2 Å². The average Bonchev–Trinajstić information content (AvgIpc) is 2.81. The largest absolute Gasteiger partial charge is 0.481 e. The summed E-state index contributed by atoms with van der Waals surface area (Å²) in [6, 6.07) is 11.9. The van der Waals surface area contributed by atoms with Gasteiger partial charge in [0.15, 0.2) is 0 Å². The zero-order chi connectivity index (χ0) is 23.1. The first kappa shape index (κ1) is 23.1. The summed E-state index contributed by atoms with van der Waals surface area (Å²) >= 11 is 0. The molecule has 0 spiro atoms. The fourth-order valence-electron chi connectivity index (χ4n) is 3.64. The number of hydrogen-bond donors (Lipinski definition) is 2. The van der Waals surface area contributed by atoms with Gasteiger partial charge < -0.3 is 25.0 Å². The molecule has 170 valence electrons. The van der Waals surface area contributed by atoms with Gasteiger partial charge in [0.2, 0.25) is 5.91 Å². The van der Waals surface area contributed by atoms with Crippen LogP contribution in [0, 0.1) is 0 Å². The van der Waals surface area contributed by atoms with Gasteiger partial charge in [0.05, 0.1) is 6.61 Å². The Labute approximate surface area is 185 Å². The van der Waals surface area contributed by atoms with Crippen LogP contribution >= 0.6 is 0 Å². The molecule has 1 heterocycles. The van der Waals surface area contributed by atoms with Gasteiger partial charge >= 0.3 is 12.1 Å². The monoisotopic (exact) mass is 441 g/mol. The number of hydrogen-bond acceptors (Lipinski definition) is 5. The molecular weight excluding hydrogens is 414 g/mol. The van der Waals surface area contributed by atoms with Crippen molar-refractivity contribution in [2.45, 2.75) is 25.8 Å². The Morgan fingerprint density at radius 1 is 1.00 bits per heavy atom. The van der Waals surface area contributed by atoms with Crippen molar-refractivity contribution in [2.75, 3.05) is 32.8 Å². The summed E-state index contributed by atoms with van der Waals surface area (Å²) in [5, 5.41) is 13.7. The molecule has 2 N–H and O–H groups in total. The molecule has 0 saturated carbocycles. The molecule has 1 aliphatic rings. The molecule has 3 rings (SSSR count). The smallest absolute Gasteiger partial charge is 0.409 e. The van der Waals surface area contributed by atoms with E-state index in [1.807, 2.05) is 30.3 Å². The SMILES string of the molecule is CCOC(=O)N1CCN(C(=O)C(CCC(=O)O)NC(=O)c2ccc3ccccc3c2)CC1. The second kappa shape index (κ2) is 10.6. The molecule has 3 amide bonds. The van der Waals surface area contributed by atoms with Crippen molar-refractivity contribution in [3.63, 3.8) is 0 Å². The van der Waals surface area contributed by atoms with Gasteiger partial charge in [-0.2, -0.15) is 0 Å². The number of carbonyl (C=O) groups is 4. The van der Waals surface area contributed by atoms with Crippen LogP contribution in [0.2, 0.25) is 0 Å². The van der Waals surface area contributed by atoms with Gasteiger partial charge in [0.1, 0.15) is 6.04 Å². The van der Waals surface area contributed by atoms with Crippen LogP contribution in [0.4, 0.5) is 4.79 Å². The van der Waals surface area contributed by atoms with Crippen molar-refractivity contribution >= 4 is 34.6 Å². The number of benzene rings is 2. The van der Waals surface area contributed by atoms with E-state index in [-0.39, 0.29) is 38.4 Å². The zero-order valence-corrected chi connectivity index (χ0v) is 18.0. The molecule has 9 nitrogen and oxygen atoms in total. The maximum Gasteiger partial charge on any atom is 0.409 e. The van der Waals surface area contributed by atoms with Crippen molar-refractivity contribution in [3.8, 4) is 0 Å². The normalized spacial score (nSPS) is 14.7. The van der Waals surface area contributed by atoms with E-state index in [0.717, 1.165) is 10.8 Å². The molecule has 0 bridgehead atoms. The average molecular weight is 441 g/mol. The number of nitrogens with zero attached hydrogens (tertiary/aromatic N) is 2. The van der Waals surface area contributed by atoms with Gasteiger partial charge in [-0.05, 0) is 36.2 Å². The van der Waals surface area contributed by atoms with E-state index in [0.29, 0.717) is 18.7 Å². The summed E-state index contributed by atoms with van der Waals surface area (Å²) in [5.74, 6) is -1.84. The summed E-state index contributed by atoms with van der Waals surface area (Å²) in [6.07, 6.45) is -0.699. The van der Waals surface area contributed by atoms with Gasteiger partial charge in [-0.3, -0.25) is 14.4 Å². The zero-order valence-electron chi connectivity index (χ0n) is 18.0. The van der Waals surface area contributed by atoms with Crippen molar-refractivity contribution in [1.29, 1.82) is 0 Å². The summed E-state index contributed by atoms with van der Waals surface area (Å²) in [6.45, 7) is 3.20. The van der Waals surface area contributed by atoms with Crippen LogP contribution in [0.1, 0.15) is 30.1 Å². The lowest BCUT2D eigenvalue weighted by molar-refractivity contribution is -0.138. The number of piperazine rings is 1. The minimum Gasteiger partial charge on any atom is -0.481 e. The van der Waals surface area contributed by atoms with E-state index in [1.54, 1.807) is 24.0 Å². The van der Waals surface area contributed by atoms with E-state index in [2.05, 4.69) is 5.32 Å². The topological polar surface area (TPSA) is 116 Å². The van der Waals surface area contributed by atoms with E-state index < -0.39 is 24.0 Å². The van der Waals surface area contributed by atoms with Crippen LogP contribution in [-0.4, -0.2) is 77.6 Å². The lowest BCUT2D eigenvalue weighted by atomic mass is 10.0. The van der Waals surface area contributed by atoms with Crippen LogP contribution in [0.3, 0.4) is 0 Å². The first-order valence-electron chi connectivity index (χ1n) is 10.6. The van der Waals surface area contributed by atoms with Gasteiger partial charge in [-0.25, -0.2) is 4.79 Å². The van der Waals surface area contributed by atoms with Gasteiger partial charge in [0, 0.05) is 38.2 Å². The summed E-state index contributed by atoms with van der Waals surface area (Å²) in [4.78, 5) is 51.9. The van der Waals surface area contributed by atoms with Crippen LogP contribution in [0.15, 0.2) is 42.5 Å². The lowest BCUT2D eigenvalue weighted by Gasteiger charge is -2.36. The lowest BCUT2D eigenvalue weighted by Crippen LogP contribution is -2.56. The van der Waals surface area contributed by atoms with Crippen LogP contribution < -0.4 is 5.32 Å². The number of nitrogens with one attached hydrogen (secondary N) is 1. The second-order valence-corrected chi connectivity index (χ2v) is 7.53. The Kier molecular flexibility index (Phi) is 7.64. The first-order chi connectivity index (χ1) is 15.4. The summed E-state index contributed by atoms with van der Waals surface area (Å²) in [7, 11) is 0. The maximum atomic E-state index is 13.1. The number of carboxylic acid groups (broad SMARTS) is 1. The molecule has 2 aromatic carbocycles. The van der Waals surface area contributed by atoms with Gasteiger partial charge in [-0.1, -0.05) is 30.3 Å². The Hall–Kier alpha value is -3.62. The highest BCUT2D eigenvalue weighted by Gasteiger charge is 2.30. The van der Waals surface area contributed by atoms with Crippen molar-refractivity contribution in [3.05, 3.63) is 48.0 Å². The predicted molar refractivity (Wildman–Crippen MR) is 117 cm³/mol. The predicted octanol–water partition coefficient (Wildman–Crippen LogP) is 2.10. The third-order valence-corrected chi connectivity index (χ3v) is 5.38. The molecule has 0 aromatic heterocycles. The number of rotatable bonds is 7. The number of ether oxygens (including phenoxy) is 1. The molecule has 1 fully saturated rings. The fraction of sp³-hybridized carbons (Fsp3) is 0.391. The molecule has 2 aromatic rings. The maximum absolute atomic E-state index is 13.1. The summed E-state index contributed by atoms with van der Waals surface area (Å²) < 4.78 is 4.98. The standard InChI is InChI=1S/C23H27N3O6/c1-2-32-23(31)26-13-11-25(12-14-26)22(30)19(9-10-20(27)28)24-21(29)18-8-7-16-5-3-4-6-17(16)15-18/h3-8,15,19H,2,9-14H2,1H3,(H,24,29)(H,27,28). The highest BCUT2D eigenvalue weighted by atomic mass is 16.6. The number of carbonyl (C=O) groups excluding carboxylic acids is 3. The molecule has 1 unspecified atom stereocenters. The Balaban J connectivity index is 1.68. The highest BCUT2D eigenvalue weighted by Crippen LogP contribution is 2.16. The van der Waals surface area contributed by atoms with Crippen molar-refractivity contribution in [1.82, 2.24) is 15.1 Å². The molecule has 0 aliphatic carbocycles. The van der Waals surface area contributed by atoms with Crippen molar-refractivity contribution < 1.29 is 29.0 Å². The Morgan fingerprint density at radius 3 is 2.31 bits per heavy atom. The molecule has 9 heteroatoms. The number of fused-ring (bicyclic) bond motifs is 1. The molecule has 1 aliphatic heterocycles. The minimum atomic E-state index is -1.05. The number of carboxylic acids is 1. The summed E-state index contributed by atoms with van der Waals surface area (Å²) in [5.41, 5.74) is 0.393. The Bertz CT molecular complexity index is 1000. The quantitative estimate of drug-likeness (QED) is 0.680. The molecule has 1 saturated heterocycles. The van der Waals surface area contributed by atoms with Crippen LogP contribution in [0.25, 0.3) is 10.8 Å². The second-order valence-electron chi connectivity index (χ2n) is 7.53. The molecule has 32 heavy (non-hydrogen) atoms. The van der Waals surface area contributed by atoms with E-state index >= 15 is 0 Å².